The van der Waals surface area contributed by atoms with E-state index in [1.54, 1.807) is 6.92 Å². The number of rotatable bonds is 3. The molecule has 0 bridgehead atoms. The highest BCUT2D eigenvalue weighted by Gasteiger charge is 2.08. The Balaban J connectivity index is 2.94. The molecule has 1 aromatic heterocycles. The highest BCUT2D eigenvalue weighted by atomic mass is 16.3. The topological polar surface area (TPSA) is 66.0 Å². The molecule has 0 aliphatic rings. The summed E-state index contributed by atoms with van der Waals surface area (Å²) in [5.41, 5.74) is 0.423. The Labute approximate surface area is 76.7 Å². The van der Waals surface area contributed by atoms with Crippen LogP contribution in [-0.4, -0.2) is 15.1 Å². The Morgan fingerprint density at radius 1 is 1.69 bits per heavy atom. The molecule has 1 unspecified atom stereocenters. The van der Waals surface area contributed by atoms with Crippen molar-refractivity contribution in [2.24, 2.45) is 0 Å². The molecule has 0 aliphatic carbocycles. The first-order valence-electron chi connectivity index (χ1n) is 4.39. The number of hydrogen-bond donors (Lipinski definition) is 2. The number of aromatic nitrogens is 2. The summed E-state index contributed by atoms with van der Waals surface area (Å²) in [6.07, 6.45) is 0.822. The number of nitrogens with zero attached hydrogens (tertiary/aromatic N) is 1. The normalized spacial score (nSPS) is 12.8. The molecule has 0 saturated carbocycles. The van der Waals surface area contributed by atoms with E-state index in [9.17, 15) is 9.90 Å². The molecule has 2 N–H and O–H groups in total. The lowest BCUT2D eigenvalue weighted by Gasteiger charge is -2.07. The van der Waals surface area contributed by atoms with Gasteiger partial charge >= 0.3 is 0 Å². The molecule has 1 heterocycles. The zero-order valence-corrected chi connectivity index (χ0v) is 7.87. The summed E-state index contributed by atoms with van der Waals surface area (Å²) in [6.45, 7) is 3.70. The molecule has 0 spiro atoms. The number of aryl methyl sites for hydroxylation is 1. The van der Waals surface area contributed by atoms with Crippen molar-refractivity contribution in [2.45, 2.75) is 32.8 Å². The maximum atomic E-state index is 11.0. The molecule has 0 radical (unpaired) electrons. The van der Waals surface area contributed by atoms with Crippen molar-refractivity contribution in [1.29, 1.82) is 0 Å². The Hall–Kier alpha value is -1.16. The summed E-state index contributed by atoms with van der Waals surface area (Å²) in [6, 6.07) is 1.40. The Kier molecular flexibility index (Phi) is 3.19. The minimum Gasteiger partial charge on any atom is -0.385 e. The summed E-state index contributed by atoms with van der Waals surface area (Å²) < 4.78 is 0. The predicted molar refractivity (Wildman–Crippen MR) is 49.5 cm³/mol. The second-order valence-corrected chi connectivity index (χ2v) is 3.08. The van der Waals surface area contributed by atoms with Gasteiger partial charge in [0.2, 0.25) is 0 Å². The van der Waals surface area contributed by atoms with Crippen molar-refractivity contribution in [3.63, 3.8) is 0 Å². The highest BCUT2D eigenvalue weighted by molar-refractivity contribution is 5.01. The first kappa shape index (κ1) is 9.92. The molecule has 13 heavy (non-hydrogen) atoms. The molecule has 0 saturated heterocycles. The van der Waals surface area contributed by atoms with Gasteiger partial charge in [-0.05, 0) is 13.3 Å². The van der Waals surface area contributed by atoms with Crippen molar-refractivity contribution in [2.75, 3.05) is 0 Å². The van der Waals surface area contributed by atoms with Gasteiger partial charge in [0.05, 0.1) is 0 Å². The molecule has 1 atom stereocenters. The van der Waals surface area contributed by atoms with Crippen LogP contribution in [0.15, 0.2) is 10.9 Å². The molecule has 0 amide bonds. The summed E-state index contributed by atoms with van der Waals surface area (Å²) >= 11 is 0. The van der Waals surface area contributed by atoms with Crippen LogP contribution in [0.4, 0.5) is 0 Å². The van der Waals surface area contributed by atoms with Crippen LogP contribution in [0.2, 0.25) is 0 Å². The average molecular weight is 182 g/mol. The first-order valence-corrected chi connectivity index (χ1v) is 4.39. The maximum Gasteiger partial charge on any atom is 0.251 e. The van der Waals surface area contributed by atoms with Gasteiger partial charge in [-0.1, -0.05) is 13.3 Å². The van der Waals surface area contributed by atoms with Gasteiger partial charge in [0.15, 0.2) is 0 Å². The summed E-state index contributed by atoms with van der Waals surface area (Å²) in [7, 11) is 0. The van der Waals surface area contributed by atoms with Crippen LogP contribution >= 0.6 is 0 Å². The lowest BCUT2D eigenvalue weighted by molar-refractivity contribution is 0.156. The van der Waals surface area contributed by atoms with Crippen LogP contribution in [0.3, 0.4) is 0 Å². The van der Waals surface area contributed by atoms with E-state index in [-0.39, 0.29) is 5.56 Å². The van der Waals surface area contributed by atoms with Crippen LogP contribution in [0, 0.1) is 6.92 Å². The van der Waals surface area contributed by atoms with E-state index in [4.69, 9.17) is 0 Å². The largest absolute Gasteiger partial charge is 0.385 e. The lowest BCUT2D eigenvalue weighted by Crippen LogP contribution is -2.14. The summed E-state index contributed by atoms with van der Waals surface area (Å²) in [5.74, 6) is 0.367. The third-order valence-electron chi connectivity index (χ3n) is 1.77. The molecule has 0 fully saturated rings. The van der Waals surface area contributed by atoms with E-state index < -0.39 is 6.10 Å². The number of H-pyrrole nitrogens is 1. The van der Waals surface area contributed by atoms with Gasteiger partial charge in [0.1, 0.15) is 11.9 Å². The fourth-order valence-electron chi connectivity index (χ4n) is 1.17. The zero-order chi connectivity index (χ0) is 9.84. The van der Waals surface area contributed by atoms with E-state index in [0.717, 1.165) is 6.42 Å². The van der Waals surface area contributed by atoms with Gasteiger partial charge in [-0.25, -0.2) is 4.98 Å². The first-order chi connectivity index (χ1) is 6.13. The number of aromatic amines is 1. The number of aliphatic hydroxyl groups excluding tert-OH is 1. The second-order valence-electron chi connectivity index (χ2n) is 3.08. The molecular weight excluding hydrogens is 168 g/mol. The molecule has 0 aliphatic heterocycles. The van der Waals surface area contributed by atoms with Gasteiger partial charge in [0.25, 0.3) is 5.56 Å². The molecule has 0 aromatic carbocycles. The maximum absolute atomic E-state index is 11.0. The molecule has 4 nitrogen and oxygen atoms in total. The van der Waals surface area contributed by atoms with Crippen molar-refractivity contribution >= 4 is 0 Å². The monoisotopic (exact) mass is 182 g/mol. The number of nitrogens with one attached hydrogen (secondary N) is 1. The highest BCUT2D eigenvalue weighted by Crippen LogP contribution is 2.12. The van der Waals surface area contributed by atoms with Crippen LogP contribution in [0.25, 0.3) is 0 Å². The smallest absolute Gasteiger partial charge is 0.251 e. The molecule has 1 rings (SSSR count). The van der Waals surface area contributed by atoms with Gasteiger partial charge in [-0.3, -0.25) is 4.79 Å². The lowest BCUT2D eigenvalue weighted by atomic mass is 10.2. The van der Waals surface area contributed by atoms with E-state index in [0.29, 0.717) is 17.9 Å². The third kappa shape index (κ3) is 2.66. The number of hydrogen-bond acceptors (Lipinski definition) is 3. The number of aliphatic hydroxyl groups is 1. The van der Waals surface area contributed by atoms with Crippen molar-refractivity contribution in [3.05, 3.63) is 27.9 Å². The molecule has 4 heteroatoms. The van der Waals surface area contributed by atoms with Crippen molar-refractivity contribution in [3.8, 4) is 0 Å². The van der Waals surface area contributed by atoms with Crippen molar-refractivity contribution in [1.82, 2.24) is 9.97 Å². The van der Waals surface area contributed by atoms with Crippen LogP contribution in [0.1, 0.15) is 37.4 Å². The molecular formula is C9H14N2O2. The fraction of sp³-hybridized carbons (Fsp3) is 0.556. The SMILES string of the molecule is CCCC(O)c1nc(C)cc(=O)[nH]1. The van der Waals surface area contributed by atoms with E-state index in [1.807, 2.05) is 6.92 Å². The van der Waals surface area contributed by atoms with E-state index in [2.05, 4.69) is 9.97 Å². The van der Waals surface area contributed by atoms with Crippen LogP contribution < -0.4 is 5.56 Å². The van der Waals surface area contributed by atoms with Crippen LogP contribution in [0.5, 0.6) is 0 Å². The van der Waals surface area contributed by atoms with Crippen molar-refractivity contribution < 1.29 is 5.11 Å². The Morgan fingerprint density at radius 3 is 2.92 bits per heavy atom. The summed E-state index contributed by atoms with van der Waals surface area (Å²) in [5, 5.41) is 9.54. The summed E-state index contributed by atoms with van der Waals surface area (Å²) in [4.78, 5) is 17.6. The average Bonchev–Trinajstić information content (AvgIpc) is 2.03. The minimum absolute atomic E-state index is 0.211. The van der Waals surface area contributed by atoms with E-state index in [1.165, 1.54) is 6.07 Å². The quantitative estimate of drug-likeness (QED) is 0.730. The van der Waals surface area contributed by atoms with Crippen LogP contribution in [-0.2, 0) is 0 Å². The molecule has 72 valence electrons. The Bertz CT molecular complexity index is 333. The fourth-order valence-corrected chi connectivity index (χ4v) is 1.17. The third-order valence-corrected chi connectivity index (χ3v) is 1.77. The standard InChI is InChI=1S/C9H14N2O2/c1-3-4-7(12)9-10-6(2)5-8(13)11-9/h5,7,12H,3-4H2,1-2H3,(H,10,11,13). The zero-order valence-electron chi connectivity index (χ0n) is 7.87. The van der Waals surface area contributed by atoms with Gasteiger partial charge in [-0.15, -0.1) is 0 Å². The Morgan fingerprint density at radius 2 is 2.38 bits per heavy atom. The molecule has 1 aromatic rings. The van der Waals surface area contributed by atoms with E-state index >= 15 is 0 Å². The van der Waals surface area contributed by atoms with Gasteiger partial charge in [0, 0.05) is 11.8 Å². The minimum atomic E-state index is -0.655. The van der Waals surface area contributed by atoms with Gasteiger partial charge in [-0.2, -0.15) is 0 Å². The van der Waals surface area contributed by atoms with Gasteiger partial charge < -0.3 is 10.1 Å². The second kappa shape index (κ2) is 4.18. The predicted octanol–water partition coefficient (Wildman–Crippen LogP) is 0.912.